The van der Waals surface area contributed by atoms with E-state index in [1.165, 1.54) is 0 Å². The highest BCUT2D eigenvalue weighted by atomic mass is 16.3. The second-order valence-electron chi connectivity index (χ2n) is 5.37. The molecular weight excluding hydrogens is 226 g/mol. The molecule has 1 aliphatic rings. The molecule has 0 aromatic heterocycles. The lowest BCUT2D eigenvalue weighted by Gasteiger charge is -2.22. The highest BCUT2D eigenvalue weighted by molar-refractivity contribution is 5.88. The van der Waals surface area contributed by atoms with Crippen molar-refractivity contribution in [3.05, 3.63) is 23.8 Å². The number of hydrogen-bond acceptors (Lipinski definition) is 3. The summed E-state index contributed by atoms with van der Waals surface area (Å²) in [5.41, 5.74) is 6.53. The van der Waals surface area contributed by atoms with Crippen LogP contribution in [0.3, 0.4) is 0 Å². The number of carbonyl (C=O) groups is 1. The van der Waals surface area contributed by atoms with Crippen molar-refractivity contribution >= 4 is 5.78 Å². The van der Waals surface area contributed by atoms with E-state index in [0.717, 1.165) is 5.57 Å². The minimum atomic E-state index is -0.453. The lowest BCUT2D eigenvalue weighted by atomic mass is 9.84. The fraction of sp³-hybridized carbons (Fsp3) is 0.667. The Balaban J connectivity index is 0.00000137. The molecule has 0 radical (unpaired) electrons. The maximum absolute atomic E-state index is 11.9. The number of nitrogens with two attached hydrogens (primary N) is 1. The molecule has 0 aliphatic heterocycles. The molecule has 0 bridgehead atoms. The summed E-state index contributed by atoms with van der Waals surface area (Å²) in [6, 6.07) is -0.453. The van der Waals surface area contributed by atoms with Crippen molar-refractivity contribution in [1.82, 2.24) is 0 Å². The van der Waals surface area contributed by atoms with E-state index in [1.54, 1.807) is 6.08 Å². The summed E-state index contributed by atoms with van der Waals surface area (Å²) in [7, 11) is 0. The monoisotopic (exact) mass is 253 g/mol. The smallest absolute Gasteiger partial charge is 0.155 e. The van der Waals surface area contributed by atoms with Crippen LogP contribution in [0.25, 0.3) is 0 Å². The summed E-state index contributed by atoms with van der Waals surface area (Å²) in [6.07, 6.45) is 6.31. The Labute approximate surface area is 111 Å². The standard InChI is InChI=1S/C13H21NO2.C2H6/c1-13(2,3)12(16)11(14)8-9-4-6-10(15)7-5-9;1-2/h4-6,10-11,15H,7-8,14H2,1-3H3;1-2H3. The molecule has 0 amide bonds. The third-order valence-corrected chi connectivity index (χ3v) is 2.69. The largest absolute Gasteiger partial charge is 0.389 e. The Hall–Kier alpha value is -0.930. The molecule has 0 heterocycles. The van der Waals surface area contributed by atoms with Crippen molar-refractivity contribution in [2.24, 2.45) is 11.1 Å². The zero-order chi connectivity index (χ0) is 14.3. The number of aliphatic hydroxyl groups is 1. The Morgan fingerprint density at radius 2 is 2.06 bits per heavy atom. The van der Waals surface area contributed by atoms with E-state index in [1.807, 2.05) is 46.8 Å². The van der Waals surface area contributed by atoms with Gasteiger partial charge in [-0.1, -0.05) is 58.4 Å². The number of carbonyl (C=O) groups excluding carboxylic acids is 1. The Morgan fingerprint density at radius 1 is 1.50 bits per heavy atom. The van der Waals surface area contributed by atoms with Crippen LogP contribution >= 0.6 is 0 Å². The average Bonchev–Trinajstić information content (AvgIpc) is 2.32. The molecule has 0 saturated heterocycles. The highest BCUT2D eigenvalue weighted by Crippen LogP contribution is 2.21. The van der Waals surface area contributed by atoms with E-state index in [4.69, 9.17) is 5.73 Å². The van der Waals surface area contributed by atoms with Crippen LogP contribution in [0.1, 0.15) is 47.5 Å². The van der Waals surface area contributed by atoms with Crippen molar-refractivity contribution in [2.45, 2.75) is 59.6 Å². The summed E-state index contributed by atoms with van der Waals surface area (Å²) in [4.78, 5) is 11.9. The lowest BCUT2D eigenvalue weighted by Crippen LogP contribution is -2.39. The van der Waals surface area contributed by atoms with Gasteiger partial charge in [-0.2, -0.15) is 0 Å². The van der Waals surface area contributed by atoms with Crippen molar-refractivity contribution in [3.63, 3.8) is 0 Å². The number of allylic oxidation sites excluding steroid dienone is 1. The fourth-order valence-electron chi connectivity index (χ4n) is 1.71. The predicted molar refractivity (Wildman–Crippen MR) is 76.2 cm³/mol. The van der Waals surface area contributed by atoms with Crippen LogP contribution in [-0.2, 0) is 4.79 Å². The number of ketones is 1. The minimum absolute atomic E-state index is 0.0768. The molecule has 1 aliphatic carbocycles. The summed E-state index contributed by atoms with van der Waals surface area (Å²) in [5.74, 6) is 0.0768. The van der Waals surface area contributed by atoms with Gasteiger partial charge in [-0.05, 0) is 12.8 Å². The molecule has 0 saturated carbocycles. The number of aliphatic hydroxyl groups excluding tert-OH is 1. The van der Waals surface area contributed by atoms with Gasteiger partial charge in [0.25, 0.3) is 0 Å². The third-order valence-electron chi connectivity index (χ3n) is 2.69. The van der Waals surface area contributed by atoms with Gasteiger partial charge < -0.3 is 10.8 Å². The van der Waals surface area contributed by atoms with Crippen LogP contribution in [0.2, 0.25) is 0 Å². The molecule has 3 heteroatoms. The molecule has 18 heavy (non-hydrogen) atoms. The van der Waals surface area contributed by atoms with Crippen molar-refractivity contribution in [2.75, 3.05) is 0 Å². The second-order valence-corrected chi connectivity index (χ2v) is 5.37. The fourth-order valence-corrected chi connectivity index (χ4v) is 1.71. The molecule has 2 atom stereocenters. The number of Topliss-reactive ketones (excluding diaryl/α,β-unsaturated/α-hetero) is 1. The van der Waals surface area contributed by atoms with Gasteiger partial charge in [-0.15, -0.1) is 0 Å². The van der Waals surface area contributed by atoms with E-state index in [2.05, 4.69) is 0 Å². The third kappa shape index (κ3) is 5.61. The van der Waals surface area contributed by atoms with E-state index in [0.29, 0.717) is 12.8 Å². The lowest BCUT2D eigenvalue weighted by molar-refractivity contribution is -0.127. The van der Waals surface area contributed by atoms with E-state index >= 15 is 0 Å². The average molecular weight is 253 g/mol. The Kier molecular flexibility index (Phi) is 7.11. The predicted octanol–water partition coefficient (Wildman–Crippen LogP) is 2.59. The first-order chi connectivity index (χ1) is 8.30. The van der Waals surface area contributed by atoms with Gasteiger partial charge in [0.2, 0.25) is 0 Å². The van der Waals surface area contributed by atoms with Crippen LogP contribution in [0, 0.1) is 5.41 Å². The maximum atomic E-state index is 11.9. The molecule has 1 rings (SSSR count). The molecule has 0 aromatic rings. The molecule has 0 fully saturated rings. The van der Waals surface area contributed by atoms with Crippen molar-refractivity contribution < 1.29 is 9.90 Å². The van der Waals surface area contributed by atoms with Crippen LogP contribution in [0.5, 0.6) is 0 Å². The van der Waals surface area contributed by atoms with Gasteiger partial charge in [0.05, 0.1) is 12.1 Å². The Bertz CT molecular complexity index is 324. The number of rotatable bonds is 3. The van der Waals surface area contributed by atoms with Crippen LogP contribution in [-0.4, -0.2) is 23.0 Å². The Morgan fingerprint density at radius 3 is 2.44 bits per heavy atom. The van der Waals surface area contributed by atoms with Crippen LogP contribution < -0.4 is 5.73 Å². The molecular formula is C15H27NO2. The molecule has 3 N–H and O–H groups in total. The summed E-state index contributed by atoms with van der Waals surface area (Å²) in [5, 5.41) is 9.27. The van der Waals surface area contributed by atoms with Crippen molar-refractivity contribution in [3.8, 4) is 0 Å². The SMILES string of the molecule is CC.CC(C)(C)C(=O)C(N)CC1=CCC(O)C=C1. The topological polar surface area (TPSA) is 63.3 Å². The van der Waals surface area contributed by atoms with Gasteiger partial charge in [-0.25, -0.2) is 0 Å². The van der Waals surface area contributed by atoms with Gasteiger partial charge in [0, 0.05) is 5.41 Å². The minimum Gasteiger partial charge on any atom is -0.389 e. The van der Waals surface area contributed by atoms with E-state index in [-0.39, 0.29) is 5.78 Å². The van der Waals surface area contributed by atoms with E-state index < -0.39 is 17.6 Å². The van der Waals surface area contributed by atoms with Gasteiger partial charge in [0.1, 0.15) is 0 Å². The van der Waals surface area contributed by atoms with Gasteiger partial charge >= 0.3 is 0 Å². The first-order valence-corrected chi connectivity index (χ1v) is 6.66. The molecule has 0 spiro atoms. The zero-order valence-corrected chi connectivity index (χ0v) is 12.2. The van der Waals surface area contributed by atoms with Gasteiger partial charge in [0.15, 0.2) is 5.78 Å². The summed E-state index contributed by atoms with van der Waals surface area (Å²) < 4.78 is 0. The van der Waals surface area contributed by atoms with Crippen LogP contribution in [0.15, 0.2) is 23.8 Å². The van der Waals surface area contributed by atoms with Crippen molar-refractivity contribution in [1.29, 1.82) is 0 Å². The normalized spacial score (nSPS) is 20.6. The summed E-state index contributed by atoms with van der Waals surface area (Å²) in [6.45, 7) is 9.64. The molecule has 2 unspecified atom stereocenters. The highest BCUT2D eigenvalue weighted by Gasteiger charge is 2.27. The van der Waals surface area contributed by atoms with E-state index in [9.17, 15) is 9.90 Å². The quantitative estimate of drug-likeness (QED) is 0.812. The first-order valence-electron chi connectivity index (χ1n) is 6.66. The first kappa shape index (κ1) is 17.1. The zero-order valence-electron chi connectivity index (χ0n) is 12.2. The molecule has 3 nitrogen and oxygen atoms in total. The molecule has 0 aromatic carbocycles. The van der Waals surface area contributed by atoms with Crippen LogP contribution in [0.4, 0.5) is 0 Å². The molecule has 104 valence electrons. The van der Waals surface area contributed by atoms with Gasteiger partial charge in [-0.3, -0.25) is 4.79 Å². The number of hydrogen-bond donors (Lipinski definition) is 2. The second kappa shape index (κ2) is 7.49. The summed E-state index contributed by atoms with van der Waals surface area (Å²) >= 11 is 0. The maximum Gasteiger partial charge on any atom is 0.155 e.